The van der Waals surface area contributed by atoms with E-state index in [1.165, 1.54) is 22.3 Å². The van der Waals surface area contributed by atoms with Crippen LogP contribution in [-0.4, -0.2) is 5.38 Å². The second-order valence-electron chi connectivity index (χ2n) is 3.85. The maximum absolute atomic E-state index is 5.88. The smallest absolute Gasteiger partial charge is 0.0491 e. The fourth-order valence-electron chi connectivity index (χ4n) is 1.68. The predicted molar refractivity (Wildman–Crippen MR) is 65.0 cm³/mol. The predicted octanol–water partition coefficient (Wildman–Crippen LogP) is 4.25. The molecule has 0 aromatic heterocycles. The zero-order chi connectivity index (χ0) is 10.7. The van der Waals surface area contributed by atoms with Gasteiger partial charge in [-0.05, 0) is 44.4 Å². The molecule has 1 rings (SSSR count). The van der Waals surface area contributed by atoms with Crippen LogP contribution in [0.5, 0.6) is 0 Å². The van der Waals surface area contributed by atoms with Crippen molar-refractivity contribution >= 4 is 17.7 Å². The third kappa shape index (κ3) is 2.88. The number of hydrogen-bond donors (Lipinski definition) is 0. The number of halogens is 1. The zero-order valence-corrected chi connectivity index (χ0v) is 10.0. The van der Waals surface area contributed by atoms with Crippen LogP contribution >= 0.6 is 11.6 Å². The molecule has 0 radical (unpaired) electrons. The minimum Gasteiger partial charge on any atom is -0.119 e. The fourth-order valence-corrected chi connectivity index (χ4v) is 1.76. The van der Waals surface area contributed by atoms with Crippen molar-refractivity contribution in [2.45, 2.75) is 33.1 Å². The van der Waals surface area contributed by atoms with Gasteiger partial charge < -0.3 is 0 Å². The van der Waals surface area contributed by atoms with Crippen molar-refractivity contribution < 1.29 is 0 Å². The number of allylic oxidation sites excluding steroid dienone is 1. The highest BCUT2D eigenvalue weighted by Gasteiger charge is 2.00. The topological polar surface area (TPSA) is 0 Å². The van der Waals surface area contributed by atoms with Crippen LogP contribution < -0.4 is 0 Å². The zero-order valence-electron chi connectivity index (χ0n) is 9.26. The number of aryl methyl sites for hydroxylation is 3. The van der Waals surface area contributed by atoms with E-state index < -0.39 is 0 Å². The summed E-state index contributed by atoms with van der Waals surface area (Å²) in [6.45, 7) is 8.37. The molecule has 76 valence electrons. The third-order valence-corrected chi connectivity index (χ3v) is 2.41. The first kappa shape index (κ1) is 11.3. The van der Waals surface area contributed by atoms with Crippen LogP contribution in [0.3, 0.4) is 0 Å². The second kappa shape index (κ2) is 4.65. The molecule has 0 saturated carbocycles. The van der Waals surface area contributed by atoms with E-state index in [1.807, 2.05) is 13.0 Å². The van der Waals surface area contributed by atoms with Crippen LogP contribution in [0.2, 0.25) is 0 Å². The van der Waals surface area contributed by atoms with E-state index >= 15 is 0 Å². The van der Waals surface area contributed by atoms with E-state index in [0.717, 1.165) is 0 Å². The molecule has 0 spiro atoms. The molecule has 0 amide bonds. The van der Waals surface area contributed by atoms with Gasteiger partial charge >= 0.3 is 0 Å². The van der Waals surface area contributed by atoms with Gasteiger partial charge in [0.1, 0.15) is 0 Å². The summed E-state index contributed by atoms with van der Waals surface area (Å²) in [5.74, 6) is 0. The minimum atomic E-state index is 0.0927. The molecular formula is C13H17Cl. The molecule has 0 aliphatic heterocycles. The molecule has 0 heterocycles. The van der Waals surface area contributed by atoms with Crippen LogP contribution in [0.4, 0.5) is 0 Å². The summed E-state index contributed by atoms with van der Waals surface area (Å²) in [6, 6.07) is 4.40. The van der Waals surface area contributed by atoms with Gasteiger partial charge in [0.2, 0.25) is 0 Å². The molecule has 1 heteroatoms. The molecule has 0 aliphatic rings. The lowest BCUT2D eigenvalue weighted by atomic mass is 9.99. The minimum absolute atomic E-state index is 0.0927. The number of alkyl halides is 1. The Labute approximate surface area is 91.6 Å². The third-order valence-electron chi connectivity index (χ3n) is 2.27. The van der Waals surface area contributed by atoms with Crippen molar-refractivity contribution in [3.05, 3.63) is 40.5 Å². The van der Waals surface area contributed by atoms with Gasteiger partial charge in [-0.3, -0.25) is 0 Å². The van der Waals surface area contributed by atoms with Crippen LogP contribution in [-0.2, 0) is 0 Å². The Morgan fingerprint density at radius 1 is 1.14 bits per heavy atom. The van der Waals surface area contributed by atoms with E-state index in [0.29, 0.717) is 0 Å². The fraction of sp³-hybridized carbons (Fsp3) is 0.385. The molecule has 14 heavy (non-hydrogen) atoms. The highest BCUT2D eigenvalue weighted by molar-refractivity contribution is 6.21. The molecule has 1 aromatic carbocycles. The summed E-state index contributed by atoms with van der Waals surface area (Å²) in [6.07, 6.45) is 4.13. The van der Waals surface area contributed by atoms with Gasteiger partial charge in [-0.1, -0.05) is 29.8 Å². The van der Waals surface area contributed by atoms with Gasteiger partial charge in [0.25, 0.3) is 0 Å². The van der Waals surface area contributed by atoms with Gasteiger partial charge in [-0.25, -0.2) is 0 Å². The second-order valence-corrected chi connectivity index (χ2v) is 4.54. The van der Waals surface area contributed by atoms with E-state index in [1.54, 1.807) is 0 Å². The molecule has 1 unspecified atom stereocenters. The quantitative estimate of drug-likeness (QED) is 0.638. The van der Waals surface area contributed by atoms with Crippen molar-refractivity contribution in [2.75, 3.05) is 0 Å². The highest BCUT2D eigenvalue weighted by atomic mass is 35.5. The van der Waals surface area contributed by atoms with Crippen LogP contribution in [0, 0.1) is 20.8 Å². The molecule has 0 N–H and O–H groups in total. The normalized spacial score (nSPS) is 13.5. The van der Waals surface area contributed by atoms with Crippen molar-refractivity contribution in [2.24, 2.45) is 0 Å². The van der Waals surface area contributed by atoms with Crippen LogP contribution in [0.1, 0.15) is 29.2 Å². The Morgan fingerprint density at radius 2 is 1.64 bits per heavy atom. The van der Waals surface area contributed by atoms with Gasteiger partial charge in [-0.2, -0.15) is 0 Å². The molecule has 1 aromatic rings. The molecule has 1 atom stereocenters. The summed E-state index contributed by atoms with van der Waals surface area (Å²) in [4.78, 5) is 0. The average Bonchev–Trinajstić information content (AvgIpc) is 2.01. The lowest BCUT2D eigenvalue weighted by molar-refractivity contribution is 1.23. The van der Waals surface area contributed by atoms with Gasteiger partial charge in [0, 0.05) is 5.38 Å². The Morgan fingerprint density at radius 3 is 2.07 bits per heavy atom. The number of rotatable bonds is 2. The van der Waals surface area contributed by atoms with Gasteiger partial charge in [-0.15, -0.1) is 11.6 Å². The summed E-state index contributed by atoms with van der Waals surface area (Å²) in [5.41, 5.74) is 5.24. The van der Waals surface area contributed by atoms with Crippen LogP contribution in [0.15, 0.2) is 18.2 Å². The highest BCUT2D eigenvalue weighted by Crippen LogP contribution is 2.18. The van der Waals surface area contributed by atoms with Crippen molar-refractivity contribution in [1.29, 1.82) is 0 Å². The van der Waals surface area contributed by atoms with Gasteiger partial charge in [0.15, 0.2) is 0 Å². The first-order valence-electron chi connectivity index (χ1n) is 4.91. The first-order chi connectivity index (χ1) is 6.50. The van der Waals surface area contributed by atoms with Crippen LogP contribution in [0.25, 0.3) is 6.08 Å². The monoisotopic (exact) mass is 208 g/mol. The van der Waals surface area contributed by atoms with Gasteiger partial charge in [0.05, 0.1) is 0 Å². The van der Waals surface area contributed by atoms with Crippen molar-refractivity contribution in [3.8, 4) is 0 Å². The molecule has 0 aliphatic carbocycles. The summed E-state index contributed by atoms with van der Waals surface area (Å²) >= 11 is 5.88. The van der Waals surface area contributed by atoms with Crippen molar-refractivity contribution in [1.82, 2.24) is 0 Å². The summed E-state index contributed by atoms with van der Waals surface area (Å²) < 4.78 is 0. The van der Waals surface area contributed by atoms with Crippen molar-refractivity contribution in [3.63, 3.8) is 0 Å². The summed E-state index contributed by atoms with van der Waals surface area (Å²) in [7, 11) is 0. The van der Waals surface area contributed by atoms with E-state index in [2.05, 4.69) is 39.0 Å². The molecule has 0 nitrogen and oxygen atoms in total. The molecule has 0 saturated heterocycles. The first-order valence-corrected chi connectivity index (χ1v) is 5.34. The molecule has 0 fully saturated rings. The van der Waals surface area contributed by atoms with E-state index in [4.69, 9.17) is 11.6 Å². The summed E-state index contributed by atoms with van der Waals surface area (Å²) in [5, 5.41) is 0.0927. The largest absolute Gasteiger partial charge is 0.119 e. The number of hydrogen-bond acceptors (Lipinski definition) is 0. The van der Waals surface area contributed by atoms with E-state index in [9.17, 15) is 0 Å². The maximum atomic E-state index is 5.88. The average molecular weight is 209 g/mol. The lowest BCUT2D eigenvalue weighted by Gasteiger charge is -2.07. The molecule has 0 bridgehead atoms. The standard InChI is InChI=1S/C13H17Cl/c1-9-7-10(2)13(11(3)8-9)6-5-12(4)14/h5-8,12H,1-4H3/b6-5+. The Hall–Kier alpha value is -0.750. The van der Waals surface area contributed by atoms with E-state index in [-0.39, 0.29) is 5.38 Å². The lowest BCUT2D eigenvalue weighted by Crippen LogP contribution is -1.89. The Balaban J connectivity index is 3.09. The Bertz CT molecular complexity index is 325. The number of benzene rings is 1. The maximum Gasteiger partial charge on any atom is 0.0491 e. The SMILES string of the molecule is Cc1cc(C)c(/C=C/C(C)Cl)c(C)c1. The Kier molecular flexibility index (Phi) is 3.77. The molecular weight excluding hydrogens is 192 g/mol.